The molecule has 0 fully saturated rings. The molecular formula is C18H18N2O3. The monoisotopic (exact) mass is 310 g/mol. The van der Waals surface area contributed by atoms with Gasteiger partial charge in [0.2, 0.25) is 5.91 Å². The quantitative estimate of drug-likeness (QED) is 0.911. The van der Waals surface area contributed by atoms with Crippen LogP contribution >= 0.6 is 0 Å². The number of anilines is 1. The first kappa shape index (κ1) is 15.1. The zero-order valence-electron chi connectivity index (χ0n) is 12.8. The van der Waals surface area contributed by atoms with E-state index in [0.717, 1.165) is 5.56 Å². The van der Waals surface area contributed by atoms with E-state index in [0.29, 0.717) is 18.0 Å². The van der Waals surface area contributed by atoms with E-state index in [1.807, 2.05) is 43.3 Å². The molecule has 2 N–H and O–H groups in total. The second-order valence-corrected chi connectivity index (χ2v) is 5.56. The number of amides is 2. The average molecular weight is 310 g/mol. The molecule has 0 radical (unpaired) electrons. The van der Waals surface area contributed by atoms with Gasteiger partial charge in [-0.2, -0.15) is 0 Å². The molecule has 3 rings (SSSR count). The lowest BCUT2D eigenvalue weighted by Crippen LogP contribution is -2.40. The third-order valence-electron chi connectivity index (χ3n) is 3.69. The largest absolute Gasteiger partial charge is 0.478 e. The van der Waals surface area contributed by atoms with Crippen molar-refractivity contribution in [1.29, 1.82) is 0 Å². The lowest BCUT2D eigenvalue weighted by atomic mass is 10.1. The van der Waals surface area contributed by atoms with Gasteiger partial charge in [0, 0.05) is 6.54 Å². The second kappa shape index (κ2) is 6.52. The molecular weight excluding hydrogens is 292 g/mol. The molecule has 0 aromatic heterocycles. The van der Waals surface area contributed by atoms with Crippen LogP contribution in [0.15, 0.2) is 48.5 Å². The van der Waals surface area contributed by atoms with Crippen molar-refractivity contribution < 1.29 is 14.3 Å². The van der Waals surface area contributed by atoms with E-state index in [1.54, 1.807) is 12.1 Å². The molecule has 118 valence electrons. The number of para-hydroxylation sites is 2. The van der Waals surface area contributed by atoms with Crippen LogP contribution < -0.4 is 15.4 Å². The molecule has 1 heterocycles. The molecule has 2 amide bonds. The van der Waals surface area contributed by atoms with Crippen LogP contribution in [0.4, 0.5) is 5.69 Å². The summed E-state index contributed by atoms with van der Waals surface area (Å²) in [4.78, 5) is 24.0. The van der Waals surface area contributed by atoms with Crippen LogP contribution in [0.3, 0.4) is 0 Å². The fraction of sp³-hybridized carbons (Fsp3) is 0.222. The van der Waals surface area contributed by atoms with E-state index in [4.69, 9.17) is 4.74 Å². The van der Waals surface area contributed by atoms with E-state index in [1.165, 1.54) is 5.56 Å². The number of hydrogen-bond donors (Lipinski definition) is 2. The summed E-state index contributed by atoms with van der Waals surface area (Å²) in [5, 5.41) is 5.56. The fourth-order valence-electron chi connectivity index (χ4n) is 2.37. The predicted octanol–water partition coefficient (Wildman–Crippen LogP) is 2.40. The highest BCUT2D eigenvalue weighted by Gasteiger charge is 2.29. The summed E-state index contributed by atoms with van der Waals surface area (Å²) in [5.74, 6) is 0.0720. The minimum absolute atomic E-state index is 0.00791. The molecule has 5 nitrogen and oxygen atoms in total. The van der Waals surface area contributed by atoms with E-state index in [9.17, 15) is 9.59 Å². The van der Waals surface area contributed by atoms with Crippen LogP contribution in [-0.4, -0.2) is 17.9 Å². The van der Waals surface area contributed by atoms with Gasteiger partial charge in [-0.1, -0.05) is 42.0 Å². The molecule has 0 spiro atoms. The van der Waals surface area contributed by atoms with Crippen molar-refractivity contribution in [2.75, 3.05) is 5.32 Å². The van der Waals surface area contributed by atoms with Crippen molar-refractivity contribution in [3.63, 3.8) is 0 Å². The Kier molecular flexibility index (Phi) is 4.28. The summed E-state index contributed by atoms with van der Waals surface area (Å²) in [6.07, 6.45) is -0.811. The van der Waals surface area contributed by atoms with E-state index >= 15 is 0 Å². The minimum Gasteiger partial charge on any atom is -0.478 e. The Morgan fingerprint density at radius 1 is 1.17 bits per heavy atom. The molecule has 0 unspecified atom stereocenters. The lowest BCUT2D eigenvalue weighted by molar-refractivity contribution is -0.130. The summed E-state index contributed by atoms with van der Waals surface area (Å²) in [5.41, 5.74) is 2.82. The van der Waals surface area contributed by atoms with Crippen LogP contribution in [0.5, 0.6) is 5.75 Å². The van der Waals surface area contributed by atoms with Gasteiger partial charge in [-0.15, -0.1) is 0 Å². The number of ether oxygens (including phenoxy) is 1. The Balaban J connectivity index is 1.56. The van der Waals surface area contributed by atoms with Gasteiger partial charge in [-0.25, -0.2) is 0 Å². The number of hydrogen-bond acceptors (Lipinski definition) is 3. The Morgan fingerprint density at radius 2 is 1.91 bits per heavy atom. The number of carbonyl (C=O) groups excluding carboxylic acids is 2. The maximum Gasteiger partial charge on any atom is 0.266 e. The molecule has 1 aliphatic heterocycles. The number of nitrogens with one attached hydrogen (secondary N) is 2. The van der Waals surface area contributed by atoms with Crippen molar-refractivity contribution in [3.05, 3.63) is 59.7 Å². The summed E-state index contributed by atoms with van der Waals surface area (Å²) < 4.78 is 5.61. The molecule has 1 atom stereocenters. The number of aryl methyl sites for hydroxylation is 1. The Morgan fingerprint density at radius 3 is 2.70 bits per heavy atom. The van der Waals surface area contributed by atoms with Crippen molar-refractivity contribution in [1.82, 2.24) is 5.32 Å². The maximum absolute atomic E-state index is 12.0. The molecule has 0 saturated carbocycles. The summed E-state index contributed by atoms with van der Waals surface area (Å²) >= 11 is 0. The predicted molar refractivity (Wildman–Crippen MR) is 87.1 cm³/mol. The summed E-state index contributed by atoms with van der Waals surface area (Å²) in [6.45, 7) is 2.45. The standard InChI is InChI=1S/C18H18N2O3/c1-12-6-8-13(9-7-12)11-19-17(21)10-16-18(22)20-14-4-2-3-5-15(14)23-16/h2-9,16H,10-11H2,1H3,(H,19,21)(H,20,22)/t16-/m0/s1. The molecule has 0 aliphatic carbocycles. The van der Waals surface area contributed by atoms with Crippen LogP contribution in [0.1, 0.15) is 17.5 Å². The third kappa shape index (κ3) is 3.69. The SMILES string of the molecule is Cc1ccc(CNC(=O)C[C@@H]2Oc3ccccc3NC2=O)cc1. The van der Waals surface area contributed by atoms with Gasteiger partial charge in [0.05, 0.1) is 12.1 Å². The van der Waals surface area contributed by atoms with E-state index in [-0.39, 0.29) is 18.2 Å². The average Bonchev–Trinajstić information content (AvgIpc) is 2.55. The molecule has 0 bridgehead atoms. The second-order valence-electron chi connectivity index (χ2n) is 5.56. The first-order valence-corrected chi connectivity index (χ1v) is 7.50. The third-order valence-corrected chi connectivity index (χ3v) is 3.69. The molecule has 1 aliphatic rings. The van der Waals surface area contributed by atoms with Crippen molar-refractivity contribution in [2.24, 2.45) is 0 Å². The molecule has 2 aromatic carbocycles. The van der Waals surface area contributed by atoms with Gasteiger partial charge in [-0.3, -0.25) is 9.59 Å². The molecule has 23 heavy (non-hydrogen) atoms. The normalized spacial score (nSPS) is 16.0. The summed E-state index contributed by atoms with van der Waals surface area (Å²) in [6, 6.07) is 15.1. The van der Waals surface area contributed by atoms with Crippen LogP contribution in [0.2, 0.25) is 0 Å². The Bertz CT molecular complexity index is 725. The van der Waals surface area contributed by atoms with Crippen molar-refractivity contribution in [2.45, 2.75) is 26.0 Å². The Labute approximate surface area is 134 Å². The van der Waals surface area contributed by atoms with E-state index in [2.05, 4.69) is 10.6 Å². The highest BCUT2D eigenvalue weighted by Crippen LogP contribution is 2.29. The zero-order chi connectivity index (χ0) is 16.2. The van der Waals surface area contributed by atoms with Crippen molar-refractivity contribution >= 4 is 17.5 Å². The first-order chi connectivity index (χ1) is 11.1. The zero-order valence-corrected chi connectivity index (χ0v) is 12.8. The fourth-order valence-corrected chi connectivity index (χ4v) is 2.37. The molecule has 0 saturated heterocycles. The van der Waals surface area contributed by atoms with Gasteiger partial charge in [-0.05, 0) is 24.6 Å². The highest BCUT2D eigenvalue weighted by molar-refractivity contribution is 5.99. The maximum atomic E-state index is 12.0. The number of benzene rings is 2. The van der Waals surface area contributed by atoms with Gasteiger partial charge in [0.1, 0.15) is 5.75 Å². The van der Waals surface area contributed by atoms with E-state index < -0.39 is 6.10 Å². The topological polar surface area (TPSA) is 67.4 Å². The van der Waals surface area contributed by atoms with Gasteiger partial charge < -0.3 is 15.4 Å². The number of fused-ring (bicyclic) bond motifs is 1. The Hall–Kier alpha value is -2.82. The molecule has 2 aromatic rings. The lowest BCUT2D eigenvalue weighted by Gasteiger charge is -2.25. The van der Waals surface area contributed by atoms with Crippen molar-refractivity contribution in [3.8, 4) is 5.75 Å². The minimum atomic E-state index is -0.803. The smallest absolute Gasteiger partial charge is 0.266 e. The summed E-state index contributed by atoms with van der Waals surface area (Å²) in [7, 11) is 0. The van der Waals surface area contributed by atoms with Gasteiger partial charge in [0.25, 0.3) is 5.91 Å². The highest BCUT2D eigenvalue weighted by atomic mass is 16.5. The van der Waals surface area contributed by atoms with Crippen LogP contribution in [0, 0.1) is 6.92 Å². The first-order valence-electron chi connectivity index (χ1n) is 7.50. The van der Waals surface area contributed by atoms with Gasteiger partial charge >= 0.3 is 0 Å². The van der Waals surface area contributed by atoms with Crippen LogP contribution in [0.25, 0.3) is 0 Å². The number of rotatable bonds is 4. The molecule has 5 heteroatoms. The number of carbonyl (C=O) groups is 2. The van der Waals surface area contributed by atoms with Crippen LogP contribution in [-0.2, 0) is 16.1 Å². The van der Waals surface area contributed by atoms with Gasteiger partial charge in [0.15, 0.2) is 6.10 Å².